The normalized spacial score (nSPS) is 10.2. The number of aromatic amines is 1. The van der Waals surface area contributed by atoms with Gasteiger partial charge in [-0.3, -0.25) is 4.79 Å². The van der Waals surface area contributed by atoms with Crippen LogP contribution in [0.2, 0.25) is 0 Å². The lowest BCUT2D eigenvalue weighted by Gasteiger charge is -1.94. The summed E-state index contributed by atoms with van der Waals surface area (Å²) >= 11 is 1.12. The molecule has 0 atom stereocenters. The molecule has 2 rings (SSSR count). The van der Waals surface area contributed by atoms with E-state index in [0.29, 0.717) is 0 Å². The number of H-pyrrole nitrogens is 1. The van der Waals surface area contributed by atoms with E-state index in [4.69, 9.17) is 0 Å². The van der Waals surface area contributed by atoms with Gasteiger partial charge < -0.3 is 0 Å². The van der Waals surface area contributed by atoms with Crippen molar-refractivity contribution in [2.24, 2.45) is 0 Å². The summed E-state index contributed by atoms with van der Waals surface area (Å²) in [5.74, 6) is 0. The van der Waals surface area contributed by atoms with Crippen molar-refractivity contribution >= 4 is 11.3 Å². The van der Waals surface area contributed by atoms with E-state index in [-0.39, 0.29) is 4.87 Å². The number of nitrogens with one attached hydrogen (secondary N) is 1. The van der Waals surface area contributed by atoms with E-state index in [2.05, 4.69) is 10.2 Å². The molecule has 0 bridgehead atoms. The maximum absolute atomic E-state index is 10.8. The number of rotatable bonds is 1. The average Bonchev–Trinajstić information content (AvgIpc) is 2.53. The summed E-state index contributed by atoms with van der Waals surface area (Å²) in [5, 5.41) is 7.03. The van der Waals surface area contributed by atoms with Crippen LogP contribution in [0.4, 0.5) is 0 Å². The summed E-state index contributed by atoms with van der Waals surface area (Å²) in [4.78, 5) is 10.7. The number of nitrogens with zero attached hydrogens (tertiary/aromatic N) is 1. The van der Waals surface area contributed by atoms with Crippen LogP contribution in [-0.2, 0) is 0 Å². The van der Waals surface area contributed by atoms with Gasteiger partial charge in [0.05, 0.1) is 0 Å². The second kappa shape index (κ2) is 3.14. The van der Waals surface area contributed by atoms with E-state index in [1.54, 1.807) is 0 Å². The number of hydrogen-bond acceptors (Lipinski definition) is 3. The molecule has 0 unspecified atom stereocenters. The van der Waals surface area contributed by atoms with Crippen LogP contribution in [0.1, 0.15) is 5.56 Å². The average molecular weight is 192 g/mol. The largest absolute Gasteiger partial charge is 0.322 e. The van der Waals surface area contributed by atoms with E-state index in [9.17, 15) is 4.79 Å². The summed E-state index contributed by atoms with van der Waals surface area (Å²) in [6.07, 6.45) is 0. The fourth-order valence-corrected chi connectivity index (χ4v) is 1.66. The smallest absolute Gasteiger partial charge is 0.255 e. The highest BCUT2D eigenvalue weighted by Crippen LogP contribution is 2.18. The molecule has 1 aromatic carbocycles. The molecule has 0 aliphatic carbocycles. The highest BCUT2D eigenvalue weighted by atomic mass is 32.1. The van der Waals surface area contributed by atoms with Gasteiger partial charge in [0.2, 0.25) is 0 Å². The zero-order chi connectivity index (χ0) is 9.26. The summed E-state index contributed by atoms with van der Waals surface area (Å²) in [7, 11) is 0. The van der Waals surface area contributed by atoms with Gasteiger partial charge in [-0.05, 0) is 6.92 Å². The molecule has 4 heteroatoms. The second-order valence-corrected chi connectivity index (χ2v) is 3.75. The lowest BCUT2D eigenvalue weighted by molar-refractivity contribution is 1.06. The third-order valence-corrected chi connectivity index (χ3v) is 2.53. The van der Waals surface area contributed by atoms with Crippen molar-refractivity contribution in [3.63, 3.8) is 0 Å². The molecule has 0 spiro atoms. The maximum atomic E-state index is 10.8. The summed E-state index contributed by atoms with van der Waals surface area (Å²) < 4.78 is 0. The van der Waals surface area contributed by atoms with Crippen molar-refractivity contribution in [1.82, 2.24) is 10.2 Å². The molecule has 1 N–H and O–H groups in total. The molecule has 0 aliphatic rings. The maximum Gasteiger partial charge on any atom is 0.322 e. The van der Waals surface area contributed by atoms with Gasteiger partial charge in [0.25, 0.3) is 0 Å². The highest BCUT2D eigenvalue weighted by Gasteiger charge is 2.01. The van der Waals surface area contributed by atoms with Gasteiger partial charge in [-0.15, -0.1) is 0 Å². The molecule has 0 saturated carbocycles. The first kappa shape index (κ1) is 8.19. The Balaban J connectivity index is 2.47. The van der Waals surface area contributed by atoms with Crippen molar-refractivity contribution in [3.05, 3.63) is 39.5 Å². The Hall–Kier alpha value is -1.42. The van der Waals surface area contributed by atoms with Gasteiger partial charge in [-0.25, -0.2) is 5.10 Å². The van der Waals surface area contributed by atoms with Gasteiger partial charge in [-0.1, -0.05) is 41.2 Å². The van der Waals surface area contributed by atoms with Gasteiger partial charge >= 0.3 is 4.87 Å². The molecule has 1 aromatic heterocycles. The molecule has 0 fully saturated rings. The Morgan fingerprint density at radius 1 is 1.31 bits per heavy atom. The zero-order valence-corrected chi connectivity index (χ0v) is 7.89. The van der Waals surface area contributed by atoms with E-state index in [1.165, 1.54) is 5.56 Å². The first-order valence-corrected chi connectivity index (χ1v) is 4.70. The fourth-order valence-electron chi connectivity index (χ4n) is 1.05. The fraction of sp³-hybridized carbons (Fsp3) is 0.111. The Kier molecular flexibility index (Phi) is 1.98. The van der Waals surface area contributed by atoms with Crippen LogP contribution >= 0.6 is 11.3 Å². The standard InChI is InChI=1S/C9H8N2OS/c1-6-2-4-7(5-3-6)8-10-11-9(12)13-8/h2-5H,1H3,(H,11,12). The van der Waals surface area contributed by atoms with Crippen LogP contribution < -0.4 is 4.87 Å². The molecule has 13 heavy (non-hydrogen) atoms. The second-order valence-electron chi connectivity index (χ2n) is 2.78. The number of aromatic nitrogens is 2. The van der Waals surface area contributed by atoms with Crippen LogP contribution in [0, 0.1) is 6.92 Å². The molecule has 0 radical (unpaired) electrons. The molecule has 66 valence electrons. The van der Waals surface area contributed by atoms with E-state index < -0.39 is 0 Å². The van der Waals surface area contributed by atoms with Crippen LogP contribution in [0.25, 0.3) is 10.6 Å². The van der Waals surface area contributed by atoms with E-state index in [0.717, 1.165) is 21.9 Å². The van der Waals surface area contributed by atoms with Crippen LogP contribution in [0.3, 0.4) is 0 Å². The summed E-state index contributed by atoms with van der Waals surface area (Å²) in [6.45, 7) is 2.02. The predicted molar refractivity (Wildman–Crippen MR) is 52.9 cm³/mol. The first-order chi connectivity index (χ1) is 6.25. The topological polar surface area (TPSA) is 45.8 Å². The van der Waals surface area contributed by atoms with Gasteiger partial charge in [0.15, 0.2) is 0 Å². The predicted octanol–water partition coefficient (Wildman–Crippen LogP) is 1.81. The molecule has 3 nitrogen and oxygen atoms in total. The number of aryl methyl sites for hydroxylation is 1. The molecule has 0 aliphatic heterocycles. The number of hydrogen-bond donors (Lipinski definition) is 1. The van der Waals surface area contributed by atoms with Crippen LogP contribution in [-0.4, -0.2) is 10.2 Å². The van der Waals surface area contributed by atoms with Crippen LogP contribution in [0.15, 0.2) is 29.1 Å². The Labute approximate surface area is 79.1 Å². The lowest BCUT2D eigenvalue weighted by atomic mass is 10.2. The van der Waals surface area contributed by atoms with Gasteiger partial charge in [0.1, 0.15) is 5.01 Å². The SMILES string of the molecule is Cc1ccc(-c2n[nH]c(=O)s2)cc1. The Bertz CT molecular complexity index is 455. The minimum atomic E-state index is -0.115. The molecular weight excluding hydrogens is 184 g/mol. The number of benzene rings is 1. The highest BCUT2D eigenvalue weighted by molar-refractivity contribution is 7.12. The van der Waals surface area contributed by atoms with Crippen molar-refractivity contribution in [3.8, 4) is 10.6 Å². The first-order valence-electron chi connectivity index (χ1n) is 3.88. The third-order valence-electron chi connectivity index (χ3n) is 1.74. The van der Waals surface area contributed by atoms with Gasteiger partial charge in [-0.2, -0.15) is 5.10 Å². The Morgan fingerprint density at radius 2 is 2.00 bits per heavy atom. The minimum Gasteiger partial charge on any atom is -0.255 e. The van der Waals surface area contributed by atoms with Crippen molar-refractivity contribution in [1.29, 1.82) is 0 Å². The minimum absolute atomic E-state index is 0.115. The van der Waals surface area contributed by atoms with Crippen molar-refractivity contribution < 1.29 is 0 Å². The monoisotopic (exact) mass is 192 g/mol. The van der Waals surface area contributed by atoms with Crippen molar-refractivity contribution in [2.75, 3.05) is 0 Å². The quantitative estimate of drug-likeness (QED) is 0.749. The molecule has 0 amide bonds. The summed E-state index contributed by atoms with van der Waals surface area (Å²) in [5.41, 5.74) is 2.18. The molecular formula is C9H8N2OS. The molecule has 0 saturated heterocycles. The Morgan fingerprint density at radius 3 is 2.54 bits per heavy atom. The summed E-state index contributed by atoms with van der Waals surface area (Å²) in [6, 6.07) is 7.92. The zero-order valence-electron chi connectivity index (χ0n) is 7.07. The third kappa shape index (κ3) is 1.67. The van der Waals surface area contributed by atoms with Gasteiger partial charge in [0, 0.05) is 5.56 Å². The lowest BCUT2D eigenvalue weighted by Crippen LogP contribution is -1.90. The van der Waals surface area contributed by atoms with Crippen LogP contribution in [0.5, 0.6) is 0 Å². The van der Waals surface area contributed by atoms with E-state index >= 15 is 0 Å². The van der Waals surface area contributed by atoms with Crippen molar-refractivity contribution in [2.45, 2.75) is 6.92 Å². The molecule has 1 heterocycles. The van der Waals surface area contributed by atoms with E-state index in [1.807, 2.05) is 31.2 Å². The molecule has 2 aromatic rings.